The van der Waals surface area contributed by atoms with Crippen molar-refractivity contribution in [1.82, 2.24) is 5.32 Å². The van der Waals surface area contributed by atoms with Gasteiger partial charge in [0.1, 0.15) is 5.82 Å². The van der Waals surface area contributed by atoms with Crippen LogP contribution < -0.4 is 5.32 Å². The second kappa shape index (κ2) is 5.51. The average molecular weight is 249 g/mol. The fourth-order valence-electron chi connectivity index (χ4n) is 2.77. The molecule has 3 heteroatoms. The summed E-state index contributed by atoms with van der Waals surface area (Å²) in [6, 6.07) is 6.30. The summed E-state index contributed by atoms with van der Waals surface area (Å²) in [5.41, 5.74) is 0.142. The topological polar surface area (TPSA) is 29.1 Å². The Balaban J connectivity index is 2.02. The number of amides is 1. The molecule has 2 rings (SSSR count). The molecule has 0 aliphatic heterocycles. The molecular weight excluding hydrogens is 229 g/mol. The summed E-state index contributed by atoms with van der Waals surface area (Å²) in [7, 11) is 0. The highest BCUT2D eigenvalue weighted by molar-refractivity contribution is 5.94. The van der Waals surface area contributed by atoms with Gasteiger partial charge < -0.3 is 5.32 Å². The summed E-state index contributed by atoms with van der Waals surface area (Å²) in [6.07, 6.45) is 3.25. The predicted molar refractivity (Wildman–Crippen MR) is 69.8 cm³/mol. The zero-order valence-corrected chi connectivity index (χ0v) is 10.9. The molecule has 98 valence electrons. The Morgan fingerprint density at radius 2 is 2.00 bits per heavy atom. The molecule has 0 spiro atoms. The van der Waals surface area contributed by atoms with Gasteiger partial charge in [0.25, 0.3) is 5.91 Å². The van der Waals surface area contributed by atoms with E-state index < -0.39 is 5.82 Å². The minimum atomic E-state index is -0.452. The lowest BCUT2D eigenvalue weighted by molar-refractivity contribution is 0.0895. The van der Waals surface area contributed by atoms with E-state index in [1.165, 1.54) is 12.1 Å². The first kappa shape index (κ1) is 13.1. The molecule has 0 heterocycles. The molecule has 1 aromatic rings. The maximum Gasteiger partial charge on any atom is 0.254 e. The van der Waals surface area contributed by atoms with Crippen LogP contribution in [0.25, 0.3) is 0 Å². The molecule has 0 radical (unpaired) electrons. The van der Waals surface area contributed by atoms with Crippen LogP contribution in [0.5, 0.6) is 0 Å². The number of carbonyl (C=O) groups is 1. The first-order valence-electron chi connectivity index (χ1n) is 6.63. The SMILES string of the molecule is CC1CCC(NC(=O)c2ccccc2F)C(C)C1. The Morgan fingerprint density at radius 3 is 2.67 bits per heavy atom. The van der Waals surface area contributed by atoms with Crippen molar-refractivity contribution in [2.75, 3.05) is 0 Å². The van der Waals surface area contributed by atoms with Gasteiger partial charge >= 0.3 is 0 Å². The van der Waals surface area contributed by atoms with Crippen molar-refractivity contribution in [3.8, 4) is 0 Å². The molecule has 0 aromatic heterocycles. The van der Waals surface area contributed by atoms with Crippen molar-refractivity contribution >= 4 is 5.91 Å². The van der Waals surface area contributed by atoms with E-state index in [1.54, 1.807) is 12.1 Å². The largest absolute Gasteiger partial charge is 0.349 e. The summed E-state index contributed by atoms with van der Waals surface area (Å²) < 4.78 is 13.5. The summed E-state index contributed by atoms with van der Waals surface area (Å²) >= 11 is 0. The van der Waals surface area contributed by atoms with Crippen LogP contribution in [0, 0.1) is 17.7 Å². The number of hydrogen-bond donors (Lipinski definition) is 1. The number of benzene rings is 1. The van der Waals surface area contributed by atoms with Gasteiger partial charge in [-0.05, 0) is 43.2 Å². The highest BCUT2D eigenvalue weighted by Gasteiger charge is 2.27. The Bertz CT molecular complexity index is 432. The molecule has 1 aromatic carbocycles. The van der Waals surface area contributed by atoms with Gasteiger partial charge in [0.05, 0.1) is 5.56 Å². The maximum atomic E-state index is 13.5. The van der Waals surface area contributed by atoms with Gasteiger partial charge in [0, 0.05) is 6.04 Å². The third-order valence-corrected chi connectivity index (χ3v) is 3.87. The van der Waals surface area contributed by atoms with Crippen molar-refractivity contribution in [3.05, 3.63) is 35.6 Å². The molecule has 1 saturated carbocycles. The molecule has 1 N–H and O–H groups in total. The van der Waals surface area contributed by atoms with Gasteiger partial charge in [-0.25, -0.2) is 4.39 Å². The van der Waals surface area contributed by atoms with Crippen LogP contribution in [-0.2, 0) is 0 Å². The van der Waals surface area contributed by atoms with Gasteiger partial charge in [-0.1, -0.05) is 26.0 Å². The second-order valence-corrected chi connectivity index (χ2v) is 5.46. The quantitative estimate of drug-likeness (QED) is 0.855. The van der Waals surface area contributed by atoms with Crippen molar-refractivity contribution in [2.45, 2.75) is 39.2 Å². The van der Waals surface area contributed by atoms with Crippen LogP contribution in [0.3, 0.4) is 0 Å². The monoisotopic (exact) mass is 249 g/mol. The van der Waals surface area contributed by atoms with E-state index in [2.05, 4.69) is 19.2 Å². The van der Waals surface area contributed by atoms with Crippen molar-refractivity contribution < 1.29 is 9.18 Å². The van der Waals surface area contributed by atoms with E-state index in [4.69, 9.17) is 0 Å². The zero-order valence-electron chi connectivity index (χ0n) is 10.9. The first-order chi connectivity index (χ1) is 8.58. The Morgan fingerprint density at radius 1 is 1.28 bits per heavy atom. The second-order valence-electron chi connectivity index (χ2n) is 5.46. The fraction of sp³-hybridized carbons (Fsp3) is 0.533. The van der Waals surface area contributed by atoms with Crippen molar-refractivity contribution in [2.24, 2.45) is 11.8 Å². The zero-order chi connectivity index (χ0) is 13.1. The Kier molecular flexibility index (Phi) is 4.00. The molecule has 3 unspecified atom stereocenters. The van der Waals surface area contributed by atoms with E-state index in [0.717, 1.165) is 25.2 Å². The number of carbonyl (C=O) groups excluding carboxylic acids is 1. The van der Waals surface area contributed by atoms with E-state index in [1.807, 2.05) is 0 Å². The van der Waals surface area contributed by atoms with Crippen molar-refractivity contribution in [1.29, 1.82) is 0 Å². The van der Waals surface area contributed by atoms with Gasteiger partial charge in [-0.15, -0.1) is 0 Å². The molecule has 0 saturated heterocycles. The van der Waals surface area contributed by atoms with Gasteiger partial charge in [0.2, 0.25) is 0 Å². The van der Waals surface area contributed by atoms with Crippen LogP contribution in [0.15, 0.2) is 24.3 Å². The lowest BCUT2D eigenvalue weighted by Crippen LogP contribution is -2.42. The van der Waals surface area contributed by atoms with Gasteiger partial charge in [-0.3, -0.25) is 4.79 Å². The minimum Gasteiger partial charge on any atom is -0.349 e. The first-order valence-corrected chi connectivity index (χ1v) is 6.63. The summed E-state index contributed by atoms with van der Waals surface area (Å²) in [4.78, 5) is 12.0. The molecule has 3 atom stereocenters. The van der Waals surface area contributed by atoms with Crippen LogP contribution >= 0.6 is 0 Å². The molecule has 1 aliphatic carbocycles. The maximum absolute atomic E-state index is 13.5. The van der Waals surface area contributed by atoms with E-state index >= 15 is 0 Å². The van der Waals surface area contributed by atoms with Gasteiger partial charge in [0.15, 0.2) is 0 Å². The smallest absolute Gasteiger partial charge is 0.254 e. The normalized spacial score (nSPS) is 27.8. The average Bonchev–Trinajstić information content (AvgIpc) is 2.33. The number of nitrogens with one attached hydrogen (secondary N) is 1. The Hall–Kier alpha value is -1.38. The molecule has 18 heavy (non-hydrogen) atoms. The highest BCUT2D eigenvalue weighted by Crippen LogP contribution is 2.28. The number of rotatable bonds is 2. The van der Waals surface area contributed by atoms with E-state index in [-0.39, 0.29) is 17.5 Å². The molecule has 1 amide bonds. The van der Waals surface area contributed by atoms with Crippen molar-refractivity contribution in [3.63, 3.8) is 0 Å². The summed E-state index contributed by atoms with van der Waals surface area (Å²) in [5, 5.41) is 2.97. The van der Waals surface area contributed by atoms with E-state index in [0.29, 0.717) is 5.92 Å². The molecular formula is C15H20FNO. The van der Waals surface area contributed by atoms with Crippen LogP contribution in [0.1, 0.15) is 43.5 Å². The molecule has 1 aliphatic rings. The standard InChI is InChI=1S/C15H20FNO/c1-10-7-8-14(11(2)9-10)17-15(18)12-5-3-4-6-13(12)16/h3-6,10-11,14H,7-9H2,1-2H3,(H,17,18). The third kappa shape index (κ3) is 2.89. The molecule has 2 nitrogen and oxygen atoms in total. The highest BCUT2D eigenvalue weighted by atomic mass is 19.1. The van der Waals surface area contributed by atoms with E-state index in [9.17, 15) is 9.18 Å². The van der Waals surface area contributed by atoms with Crippen LogP contribution in [0.4, 0.5) is 4.39 Å². The fourth-order valence-corrected chi connectivity index (χ4v) is 2.77. The predicted octanol–water partition coefficient (Wildman–Crippen LogP) is 3.38. The minimum absolute atomic E-state index is 0.142. The van der Waals surface area contributed by atoms with Crippen LogP contribution in [-0.4, -0.2) is 11.9 Å². The lowest BCUT2D eigenvalue weighted by Gasteiger charge is -2.33. The third-order valence-electron chi connectivity index (χ3n) is 3.87. The van der Waals surface area contributed by atoms with Crippen LogP contribution in [0.2, 0.25) is 0 Å². The Labute approximate surface area is 108 Å². The number of halogens is 1. The lowest BCUT2D eigenvalue weighted by atomic mass is 9.80. The summed E-state index contributed by atoms with van der Waals surface area (Å²) in [6.45, 7) is 4.40. The molecule has 0 bridgehead atoms. The van der Waals surface area contributed by atoms with Gasteiger partial charge in [-0.2, -0.15) is 0 Å². The molecule has 1 fully saturated rings. The number of hydrogen-bond acceptors (Lipinski definition) is 1. The summed E-state index contributed by atoms with van der Waals surface area (Å²) in [5.74, 6) is 0.442.